The number of aliphatic imine (C=N–C) groups is 1. The molecule has 1 aromatic carbocycles. The molecule has 7 nitrogen and oxygen atoms in total. The smallest absolute Gasteiger partial charge is 0.228 e. The number of guanidine groups is 1. The molecule has 2 heterocycles. The van der Waals surface area contributed by atoms with Crippen LogP contribution in [0.25, 0.3) is 11.4 Å². The quantitative estimate of drug-likeness (QED) is 0.486. The number of rotatable bonds is 7. The van der Waals surface area contributed by atoms with E-state index in [4.69, 9.17) is 16.1 Å². The maximum atomic E-state index is 6.02. The second-order valence-corrected chi connectivity index (χ2v) is 6.91. The highest BCUT2D eigenvalue weighted by atomic mass is 35.5. The summed E-state index contributed by atoms with van der Waals surface area (Å²) in [7, 11) is 4.07. The summed E-state index contributed by atoms with van der Waals surface area (Å²) in [5.74, 6) is 1.94. The van der Waals surface area contributed by atoms with Crippen molar-refractivity contribution < 1.29 is 4.52 Å². The second kappa shape index (κ2) is 9.41. The lowest BCUT2D eigenvalue weighted by atomic mass is 10.2. The van der Waals surface area contributed by atoms with E-state index in [1.165, 1.54) is 5.69 Å². The van der Waals surface area contributed by atoms with Crippen molar-refractivity contribution in [1.82, 2.24) is 24.9 Å². The molecule has 0 aliphatic carbocycles. The van der Waals surface area contributed by atoms with Crippen LogP contribution in [0.4, 0.5) is 0 Å². The average molecular weight is 401 g/mol. The minimum Gasteiger partial charge on any atom is -0.357 e. The van der Waals surface area contributed by atoms with Crippen LogP contribution in [0.3, 0.4) is 0 Å². The Morgan fingerprint density at radius 2 is 2.18 bits per heavy atom. The van der Waals surface area contributed by atoms with Crippen molar-refractivity contribution in [3.63, 3.8) is 0 Å². The van der Waals surface area contributed by atoms with Crippen LogP contribution in [0.5, 0.6) is 0 Å². The Hall–Kier alpha value is -2.80. The van der Waals surface area contributed by atoms with E-state index in [0.29, 0.717) is 29.7 Å². The van der Waals surface area contributed by atoms with E-state index >= 15 is 0 Å². The molecule has 148 valence electrons. The van der Waals surface area contributed by atoms with Gasteiger partial charge in [-0.25, -0.2) is 0 Å². The van der Waals surface area contributed by atoms with Crippen LogP contribution in [0.1, 0.15) is 18.5 Å². The molecule has 8 heteroatoms. The Morgan fingerprint density at radius 1 is 1.32 bits per heavy atom. The van der Waals surface area contributed by atoms with Gasteiger partial charge in [-0.1, -0.05) is 28.9 Å². The number of hydrogen-bond donors (Lipinski definition) is 1. The van der Waals surface area contributed by atoms with E-state index in [0.717, 1.165) is 24.6 Å². The lowest BCUT2D eigenvalue weighted by Gasteiger charge is -2.22. The van der Waals surface area contributed by atoms with E-state index < -0.39 is 0 Å². The molecule has 0 unspecified atom stereocenters. The molecule has 0 bridgehead atoms. The largest absolute Gasteiger partial charge is 0.357 e. The normalized spacial score (nSPS) is 11.6. The van der Waals surface area contributed by atoms with Gasteiger partial charge in [0.1, 0.15) is 0 Å². The van der Waals surface area contributed by atoms with Gasteiger partial charge in [0.05, 0.1) is 13.1 Å². The minimum atomic E-state index is 0.536. The predicted octanol–water partition coefficient (Wildman–Crippen LogP) is 3.37. The van der Waals surface area contributed by atoms with Crippen molar-refractivity contribution in [2.24, 2.45) is 12.0 Å². The van der Waals surface area contributed by atoms with Gasteiger partial charge < -0.3 is 19.3 Å². The van der Waals surface area contributed by atoms with Crippen LogP contribution in [0.15, 0.2) is 52.1 Å². The Morgan fingerprint density at radius 3 is 2.89 bits per heavy atom. The number of halogens is 1. The molecule has 0 atom stereocenters. The molecule has 0 fully saturated rings. The summed E-state index contributed by atoms with van der Waals surface area (Å²) in [4.78, 5) is 11.2. The lowest BCUT2D eigenvalue weighted by molar-refractivity contribution is 0.379. The van der Waals surface area contributed by atoms with E-state index in [1.807, 2.05) is 50.6 Å². The molecule has 28 heavy (non-hydrogen) atoms. The van der Waals surface area contributed by atoms with Crippen molar-refractivity contribution in [2.45, 2.75) is 19.9 Å². The zero-order chi connectivity index (χ0) is 19.9. The van der Waals surface area contributed by atoms with E-state index in [-0.39, 0.29) is 0 Å². The molecule has 1 N–H and O–H groups in total. The molecule has 3 rings (SSSR count). The zero-order valence-electron chi connectivity index (χ0n) is 16.4. The van der Waals surface area contributed by atoms with Gasteiger partial charge in [-0.2, -0.15) is 4.98 Å². The monoisotopic (exact) mass is 400 g/mol. The highest BCUT2D eigenvalue weighted by molar-refractivity contribution is 6.30. The second-order valence-electron chi connectivity index (χ2n) is 6.47. The topological polar surface area (TPSA) is 71.5 Å². The van der Waals surface area contributed by atoms with Gasteiger partial charge in [0.15, 0.2) is 5.96 Å². The van der Waals surface area contributed by atoms with Crippen LogP contribution in [0.2, 0.25) is 5.02 Å². The summed E-state index contributed by atoms with van der Waals surface area (Å²) in [5, 5.41) is 8.00. The number of benzene rings is 1. The van der Waals surface area contributed by atoms with Crippen molar-refractivity contribution >= 4 is 17.6 Å². The summed E-state index contributed by atoms with van der Waals surface area (Å²) < 4.78 is 7.46. The molecule has 0 saturated carbocycles. The van der Waals surface area contributed by atoms with Gasteiger partial charge in [-0.15, -0.1) is 0 Å². The number of nitrogens with one attached hydrogen (secondary N) is 1. The molecule has 0 aliphatic rings. The molecule has 0 spiro atoms. The first-order valence-electron chi connectivity index (χ1n) is 9.25. The Balaban J connectivity index is 1.61. The van der Waals surface area contributed by atoms with Crippen LogP contribution in [0, 0.1) is 0 Å². The lowest BCUT2D eigenvalue weighted by Crippen LogP contribution is -2.39. The van der Waals surface area contributed by atoms with Crippen LogP contribution in [-0.4, -0.2) is 45.7 Å². The summed E-state index contributed by atoms with van der Waals surface area (Å²) in [6.07, 6.45) is 2.61. The van der Waals surface area contributed by atoms with E-state index in [9.17, 15) is 0 Å². The molecular formula is C20H25ClN6O. The fourth-order valence-electron chi connectivity index (χ4n) is 2.81. The van der Waals surface area contributed by atoms with Crippen LogP contribution in [-0.2, 0) is 20.0 Å². The molecule has 0 aliphatic heterocycles. The van der Waals surface area contributed by atoms with Gasteiger partial charge in [-0.05, 0) is 31.2 Å². The Kier molecular flexibility index (Phi) is 6.71. The Labute approximate surface area is 170 Å². The molecule has 0 amide bonds. The minimum absolute atomic E-state index is 0.536. The standard InChI is InChI=1S/C20H25ClN6O/c1-4-22-20(27(3)14-17-9-6-12-26(17)2)23-11-10-18-24-19(25-28-18)15-7-5-8-16(21)13-15/h5-9,12-13H,4,10-11,14H2,1-3H3,(H,22,23). The highest BCUT2D eigenvalue weighted by Gasteiger charge is 2.11. The van der Waals surface area contributed by atoms with Gasteiger partial charge in [0, 0.05) is 49.5 Å². The van der Waals surface area contributed by atoms with Gasteiger partial charge >= 0.3 is 0 Å². The van der Waals surface area contributed by atoms with E-state index in [2.05, 4.69) is 42.9 Å². The predicted molar refractivity (Wildman–Crippen MR) is 111 cm³/mol. The molecule has 0 saturated heterocycles. The first kappa shape index (κ1) is 19.9. The van der Waals surface area contributed by atoms with Gasteiger partial charge in [-0.3, -0.25) is 4.99 Å². The highest BCUT2D eigenvalue weighted by Crippen LogP contribution is 2.20. The van der Waals surface area contributed by atoms with Crippen LogP contribution < -0.4 is 5.32 Å². The summed E-state index contributed by atoms with van der Waals surface area (Å²) in [5.41, 5.74) is 2.05. The Bertz CT molecular complexity index is 932. The maximum absolute atomic E-state index is 6.02. The molecular weight excluding hydrogens is 376 g/mol. The average Bonchev–Trinajstić information content (AvgIpc) is 3.30. The van der Waals surface area contributed by atoms with Crippen molar-refractivity contribution in [2.75, 3.05) is 20.1 Å². The molecule has 0 radical (unpaired) electrons. The molecule has 3 aromatic rings. The SMILES string of the molecule is CCNC(=NCCc1nc(-c2cccc(Cl)c2)no1)N(C)Cc1cccn1C. The number of nitrogens with zero attached hydrogens (tertiary/aromatic N) is 5. The zero-order valence-corrected chi connectivity index (χ0v) is 17.1. The van der Waals surface area contributed by atoms with Crippen molar-refractivity contribution in [3.8, 4) is 11.4 Å². The van der Waals surface area contributed by atoms with E-state index in [1.54, 1.807) is 0 Å². The fourth-order valence-corrected chi connectivity index (χ4v) is 3.00. The van der Waals surface area contributed by atoms with Gasteiger partial charge in [0.2, 0.25) is 11.7 Å². The van der Waals surface area contributed by atoms with Crippen molar-refractivity contribution in [3.05, 3.63) is 59.2 Å². The molecule has 2 aromatic heterocycles. The third-order valence-corrected chi connectivity index (χ3v) is 4.52. The fraction of sp³-hybridized carbons (Fsp3) is 0.350. The first-order chi connectivity index (χ1) is 13.6. The summed E-state index contributed by atoms with van der Waals surface area (Å²) in [6.45, 7) is 4.18. The van der Waals surface area contributed by atoms with Crippen molar-refractivity contribution in [1.29, 1.82) is 0 Å². The summed E-state index contributed by atoms with van der Waals surface area (Å²) >= 11 is 6.02. The van der Waals surface area contributed by atoms with Gasteiger partial charge in [0.25, 0.3) is 0 Å². The third kappa shape index (κ3) is 5.13. The maximum Gasteiger partial charge on any atom is 0.228 e. The summed E-state index contributed by atoms with van der Waals surface area (Å²) in [6, 6.07) is 11.5. The van der Waals surface area contributed by atoms with Crippen LogP contribution >= 0.6 is 11.6 Å². The number of hydrogen-bond acceptors (Lipinski definition) is 4. The number of aryl methyl sites for hydroxylation is 1. The first-order valence-corrected chi connectivity index (χ1v) is 9.62. The number of aromatic nitrogens is 3. The third-order valence-electron chi connectivity index (χ3n) is 4.29.